The number of rotatable bonds is 2. The molecule has 4 heterocycles. The van der Waals surface area contributed by atoms with Crippen LogP contribution in [0.15, 0.2) is 48.1 Å². The lowest BCUT2D eigenvalue weighted by atomic mass is 10.0. The normalized spacial score (nSPS) is 14.8. The van der Waals surface area contributed by atoms with E-state index in [1.807, 2.05) is 48.7 Å². The summed E-state index contributed by atoms with van der Waals surface area (Å²) >= 11 is 1.61. The van der Waals surface area contributed by atoms with Crippen LogP contribution in [0.2, 0.25) is 0 Å². The van der Waals surface area contributed by atoms with Crippen molar-refractivity contribution in [3.05, 3.63) is 64.2 Å². The van der Waals surface area contributed by atoms with E-state index in [-0.39, 0.29) is 5.91 Å². The number of carbonyl (C=O) groups is 1. The van der Waals surface area contributed by atoms with Crippen LogP contribution in [0, 0.1) is 6.92 Å². The first kappa shape index (κ1) is 13.8. The standard InChI is InChI=1S/C18H13N3OS/c1-11-14(12-4-6-19-7-5-12)10-15-16(9-13-3-2-8-23-13)18(22)21-17(15)20-11/h2-10H,1H3,(H,20,21,22). The predicted molar refractivity (Wildman–Crippen MR) is 93.0 cm³/mol. The van der Waals surface area contributed by atoms with Gasteiger partial charge in [0.25, 0.3) is 5.91 Å². The third-order valence-electron chi connectivity index (χ3n) is 3.80. The molecule has 1 aliphatic rings. The Morgan fingerprint density at radius 1 is 1.17 bits per heavy atom. The molecular formula is C18H13N3OS. The Morgan fingerprint density at radius 3 is 2.74 bits per heavy atom. The number of carbonyl (C=O) groups excluding carboxylic acids is 1. The Hall–Kier alpha value is -2.79. The Morgan fingerprint density at radius 2 is 2.00 bits per heavy atom. The molecule has 0 saturated carbocycles. The zero-order chi connectivity index (χ0) is 15.8. The fraction of sp³-hybridized carbons (Fsp3) is 0.0556. The molecule has 0 unspecified atom stereocenters. The van der Waals surface area contributed by atoms with E-state index in [0.717, 1.165) is 27.3 Å². The second-order valence-corrected chi connectivity index (χ2v) is 6.26. The van der Waals surface area contributed by atoms with Crippen molar-refractivity contribution in [3.8, 4) is 11.1 Å². The summed E-state index contributed by atoms with van der Waals surface area (Å²) in [4.78, 5) is 22.0. The Balaban J connectivity index is 1.87. The SMILES string of the molecule is Cc1nc2c(cc1-c1ccncc1)C(=Cc1cccs1)C(=O)N2. The van der Waals surface area contributed by atoms with E-state index in [1.54, 1.807) is 23.7 Å². The lowest BCUT2D eigenvalue weighted by Crippen LogP contribution is -2.04. The summed E-state index contributed by atoms with van der Waals surface area (Å²) in [6.07, 6.45) is 5.43. The number of pyridine rings is 2. The average molecular weight is 319 g/mol. The summed E-state index contributed by atoms with van der Waals surface area (Å²) in [7, 11) is 0. The molecule has 3 aromatic rings. The molecule has 0 bridgehead atoms. The molecule has 4 rings (SSSR count). The van der Waals surface area contributed by atoms with Gasteiger partial charge in [-0.2, -0.15) is 0 Å². The molecule has 0 radical (unpaired) electrons. The van der Waals surface area contributed by atoms with Crippen LogP contribution in [0.4, 0.5) is 5.82 Å². The Bertz CT molecular complexity index is 915. The monoisotopic (exact) mass is 319 g/mol. The van der Waals surface area contributed by atoms with Gasteiger partial charge in [-0.05, 0) is 48.2 Å². The lowest BCUT2D eigenvalue weighted by molar-refractivity contribution is -0.110. The minimum absolute atomic E-state index is 0.104. The van der Waals surface area contributed by atoms with Gasteiger partial charge in [-0.25, -0.2) is 4.98 Å². The number of nitrogens with zero attached hydrogens (tertiary/aromatic N) is 2. The summed E-state index contributed by atoms with van der Waals surface area (Å²) in [5.41, 5.74) is 4.45. The number of nitrogens with one attached hydrogen (secondary N) is 1. The van der Waals surface area contributed by atoms with Crippen LogP contribution in [0.25, 0.3) is 22.8 Å². The van der Waals surface area contributed by atoms with Gasteiger partial charge in [0.2, 0.25) is 0 Å². The van der Waals surface area contributed by atoms with Gasteiger partial charge in [0.05, 0.1) is 5.57 Å². The van der Waals surface area contributed by atoms with Crippen molar-refractivity contribution in [2.24, 2.45) is 0 Å². The first-order valence-electron chi connectivity index (χ1n) is 7.21. The highest BCUT2D eigenvalue weighted by Gasteiger charge is 2.27. The van der Waals surface area contributed by atoms with Crippen molar-refractivity contribution < 1.29 is 4.79 Å². The van der Waals surface area contributed by atoms with Gasteiger partial charge >= 0.3 is 0 Å². The molecule has 0 saturated heterocycles. The average Bonchev–Trinajstić information content (AvgIpc) is 3.16. The molecule has 1 aliphatic heterocycles. The second kappa shape index (κ2) is 5.44. The van der Waals surface area contributed by atoms with Crippen molar-refractivity contribution >= 4 is 34.7 Å². The summed E-state index contributed by atoms with van der Waals surface area (Å²) < 4.78 is 0. The molecular weight excluding hydrogens is 306 g/mol. The van der Waals surface area contributed by atoms with Crippen LogP contribution in [0.1, 0.15) is 16.1 Å². The van der Waals surface area contributed by atoms with Crippen molar-refractivity contribution in [2.75, 3.05) is 5.32 Å². The van der Waals surface area contributed by atoms with Crippen LogP contribution in [0.5, 0.6) is 0 Å². The lowest BCUT2D eigenvalue weighted by Gasteiger charge is -2.08. The quantitative estimate of drug-likeness (QED) is 0.726. The fourth-order valence-corrected chi connectivity index (χ4v) is 3.34. The maximum absolute atomic E-state index is 12.3. The number of hydrogen-bond acceptors (Lipinski definition) is 4. The predicted octanol–water partition coefficient (Wildman–Crippen LogP) is 4.01. The molecule has 3 aromatic heterocycles. The highest BCUT2D eigenvalue weighted by atomic mass is 32.1. The van der Waals surface area contributed by atoms with Crippen LogP contribution >= 0.6 is 11.3 Å². The van der Waals surface area contributed by atoms with Gasteiger partial charge in [0.1, 0.15) is 5.82 Å². The Labute approximate surface area is 137 Å². The van der Waals surface area contributed by atoms with Gasteiger partial charge < -0.3 is 5.32 Å². The first-order valence-corrected chi connectivity index (χ1v) is 8.09. The van der Waals surface area contributed by atoms with Crippen LogP contribution in [0.3, 0.4) is 0 Å². The number of hydrogen-bond donors (Lipinski definition) is 1. The molecule has 5 heteroatoms. The highest BCUT2D eigenvalue weighted by Crippen LogP contribution is 2.36. The van der Waals surface area contributed by atoms with E-state index < -0.39 is 0 Å². The molecule has 1 N–H and O–H groups in total. The molecule has 0 aliphatic carbocycles. The molecule has 112 valence electrons. The number of aryl methyl sites for hydroxylation is 1. The van der Waals surface area contributed by atoms with Crippen molar-refractivity contribution in [1.29, 1.82) is 0 Å². The van der Waals surface area contributed by atoms with Crippen LogP contribution < -0.4 is 5.32 Å². The molecule has 0 aromatic carbocycles. The maximum Gasteiger partial charge on any atom is 0.257 e. The van der Waals surface area contributed by atoms with E-state index in [4.69, 9.17) is 0 Å². The van der Waals surface area contributed by atoms with E-state index in [0.29, 0.717) is 11.4 Å². The van der Waals surface area contributed by atoms with Crippen LogP contribution in [-0.4, -0.2) is 15.9 Å². The number of amides is 1. The first-order chi connectivity index (χ1) is 11.2. The highest BCUT2D eigenvalue weighted by molar-refractivity contribution is 7.11. The smallest absolute Gasteiger partial charge is 0.257 e. The summed E-state index contributed by atoms with van der Waals surface area (Å²) in [6.45, 7) is 1.95. The number of thiophene rings is 1. The van der Waals surface area contributed by atoms with Gasteiger partial charge in [-0.1, -0.05) is 6.07 Å². The van der Waals surface area contributed by atoms with Crippen molar-refractivity contribution in [3.63, 3.8) is 0 Å². The van der Waals surface area contributed by atoms with Gasteiger partial charge in [0, 0.05) is 34.1 Å². The third-order valence-corrected chi connectivity index (χ3v) is 4.62. The van der Waals surface area contributed by atoms with Crippen molar-refractivity contribution in [2.45, 2.75) is 6.92 Å². The van der Waals surface area contributed by atoms with E-state index in [2.05, 4.69) is 15.3 Å². The van der Waals surface area contributed by atoms with Crippen molar-refractivity contribution in [1.82, 2.24) is 9.97 Å². The van der Waals surface area contributed by atoms with E-state index in [9.17, 15) is 4.79 Å². The molecule has 1 amide bonds. The second-order valence-electron chi connectivity index (χ2n) is 5.28. The third kappa shape index (κ3) is 2.45. The summed E-state index contributed by atoms with van der Waals surface area (Å²) in [6, 6.07) is 9.89. The number of aromatic nitrogens is 2. The topological polar surface area (TPSA) is 54.9 Å². The number of fused-ring (bicyclic) bond motifs is 1. The Kier molecular flexibility index (Phi) is 3.28. The minimum atomic E-state index is -0.104. The molecule has 0 atom stereocenters. The molecule has 0 spiro atoms. The zero-order valence-corrected chi connectivity index (χ0v) is 13.2. The number of anilines is 1. The fourth-order valence-electron chi connectivity index (χ4n) is 2.69. The van der Waals surface area contributed by atoms with Gasteiger partial charge in [-0.3, -0.25) is 9.78 Å². The van der Waals surface area contributed by atoms with Crippen LogP contribution in [-0.2, 0) is 4.79 Å². The van der Waals surface area contributed by atoms with Gasteiger partial charge in [0.15, 0.2) is 0 Å². The van der Waals surface area contributed by atoms with E-state index >= 15 is 0 Å². The molecule has 4 nitrogen and oxygen atoms in total. The largest absolute Gasteiger partial charge is 0.306 e. The minimum Gasteiger partial charge on any atom is -0.306 e. The maximum atomic E-state index is 12.3. The zero-order valence-electron chi connectivity index (χ0n) is 12.4. The summed E-state index contributed by atoms with van der Waals surface area (Å²) in [5.74, 6) is 0.528. The molecule has 0 fully saturated rings. The summed E-state index contributed by atoms with van der Waals surface area (Å²) in [5, 5.41) is 4.85. The van der Waals surface area contributed by atoms with E-state index in [1.165, 1.54) is 0 Å². The molecule has 23 heavy (non-hydrogen) atoms. The van der Waals surface area contributed by atoms with Gasteiger partial charge in [-0.15, -0.1) is 11.3 Å².